The molecule has 0 fully saturated rings. The van der Waals surface area contributed by atoms with Crippen LogP contribution in [0.5, 0.6) is 11.5 Å². The lowest BCUT2D eigenvalue weighted by Crippen LogP contribution is -1.98. The molecule has 0 amide bonds. The second-order valence-corrected chi connectivity index (χ2v) is 2.52. The van der Waals surface area contributed by atoms with Crippen molar-refractivity contribution in [1.82, 2.24) is 0 Å². The van der Waals surface area contributed by atoms with Crippen LogP contribution in [0.15, 0.2) is 18.2 Å². The molecule has 0 aliphatic carbocycles. The van der Waals surface area contributed by atoms with E-state index in [1.54, 1.807) is 12.1 Å². The topological polar surface area (TPSA) is 38.7 Å². The molecule has 1 aromatic carbocycles. The molecule has 0 saturated carbocycles. The Labute approximate surface area is 75.5 Å². The van der Waals surface area contributed by atoms with Crippen molar-refractivity contribution < 1.29 is 14.6 Å². The van der Waals surface area contributed by atoms with E-state index in [4.69, 9.17) is 21.4 Å². The van der Waals surface area contributed by atoms with Crippen molar-refractivity contribution in [2.24, 2.45) is 0 Å². The molecular weight excluding hydrogens is 180 g/mol. The first-order valence-electron chi connectivity index (χ1n) is 3.35. The first kappa shape index (κ1) is 9.16. The molecule has 0 unspecified atom stereocenters. The van der Waals surface area contributed by atoms with Crippen molar-refractivity contribution in [2.45, 2.75) is 0 Å². The summed E-state index contributed by atoms with van der Waals surface area (Å²) in [5.41, 5.74) is 0. The predicted octanol–water partition coefficient (Wildman–Crippen LogP) is 2.03. The van der Waals surface area contributed by atoms with Crippen LogP contribution >= 0.6 is 11.6 Å². The van der Waals surface area contributed by atoms with Gasteiger partial charge in [-0.15, -0.1) is 0 Å². The monoisotopic (exact) mass is 188 g/mol. The van der Waals surface area contributed by atoms with E-state index in [9.17, 15) is 0 Å². The Morgan fingerprint density at radius 1 is 1.50 bits per heavy atom. The Kier molecular flexibility index (Phi) is 3.19. The van der Waals surface area contributed by atoms with Crippen LogP contribution in [0, 0.1) is 0 Å². The van der Waals surface area contributed by atoms with Crippen LogP contribution in [0.1, 0.15) is 0 Å². The molecular formula is C8H9ClO3. The first-order chi connectivity index (χ1) is 5.75. The number of aromatic hydroxyl groups is 1. The standard InChI is InChI=1S/C8H9ClO3/c1-11-5-12-7-4-2-3-6(10)8(7)9/h2-4,10H,5H2,1H3. The minimum Gasteiger partial charge on any atom is -0.506 e. The SMILES string of the molecule is COCOc1cccc(O)c1Cl. The summed E-state index contributed by atoms with van der Waals surface area (Å²) in [6.45, 7) is 0.114. The van der Waals surface area contributed by atoms with E-state index in [1.165, 1.54) is 13.2 Å². The van der Waals surface area contributed by atoms with Crippen LogP contribution in [0.2, 0.25) is 5.02 Å². The third-order valence-corrected chi connectivity index (χ3v) is 1.66. The molecule has 0 spiro atoms. The maximum atomic E-state index is 9.15. The van der Waals surface area contributed by atoms with Crippen LogP contribution in [-0.4, -0.2) is 19.0 Å². The molecule has 1 aromatic rings. The Bertz CT molecular complexity index is 262. The van der Waals surface area contributed by atoms with Gasteiger partial charge in [0.15, 0.2) is 6.79 Å². The molecule has 0 aliphatic heterocycles. The summed E-state index contributed by atoms with van der Waals surface area (Å²) < 4.78 is 9.73. The number of rotatable bonds is 3. The lowest BCUT2D eigenvalue weighted by atomic mass is 10.3. The zero-order chi connectivity index (χ0) is 8.97. The molecule has 0 aromatic heterocycles. The van der Waals surface area contributed by atoms with Crippen molar-refractivity contribution in [3.05, 3.63) is 23.2 Å². The third-order valence-electron chi connectivity index (χ3n) is 1.28. The molecule has 0 atom stereocenters. The van der Waals surface area contributed by atoms with E-state index in [0.29, 0.717) is 5.75 Å². The maximum absolute atomic E-state index is 9.15. The molecule has 66 valence electrons. The van der Waals surface area contributed by atoms with E-state index in [2.05, 4.69) is 4.74 Å². The van der Waals surface area contributed by atoms with Gasteiger partial charge in [-0.05, 0) is 12.1 Å². The van der Waals surface area contributed by atoms with Crippen LogP contribution in [-0.2, 0) is 4.74 Å². The van der Waals surface area contributed by atoms with E-state index in [-0.39, 0.29) is 17.6 Å². The van der Waals surface area contributed by atoms with Crippen molar-refractivity contribution in [1.29, 1.82) is 0 Å². The number of hydrogen-bond donors (Lipinski definition) is 1. The number of phenolic OH excluding ortho intramolecular Hbond substituents is 1. The summed E-state index contributed by atoms with van der Waals surface area (Å²) >= 11 is 5.70. The van der Waals surface area contributed by atoms with E-state index in [0.717, 1.165) is 0 Å². The van der Waals surface area contributed by atoms with Crippen LogP contribution in [0.3, 0.4) is 0 Å². The third kappa shape index (κ3) is 2.03. The van der Waals surface area contributed by atoms with Gasteiger partial charge >= 0.3 is 0 Å². The van der Waals surface area contributed by atoms with Gasteiger partial charge in [-0.1, -0.05) is 17.7 Å². The fourth-order valence-corrected chi connectivity index (χ4v) is 0.914. The Morgan fingerprint density at radius 2 is 2.25 bits per heavy atom. The maximum Gasteiger partial charge on any atom is 0.188 e. The van der Waals surface area contributed by atoms with Gasteiger partial charge in [0.05, 0.1) is 0 Å². The van der Waals surface area contributed by atoms with Gasteiger partial charge in [0.2, 0.25) is 0 Å². The summed E-state index contributed by atoms with van der Waals surface area (Å²) in [4.78, 5) is 0. The van der Waals surface area contributed by atoms with E-state index in [1.807, 2.05) is 0 Å². The lowest BCUT2D eigenvalue weighted by molar-refractivity contribution is 0.0510. The molecule has 12 heavy (non-hydrogen) atoms. The molecule has 1 rings (SSSR count). The molecule has 1 N–H and O–H groups in total. The molecule has 4 heteroatoms. The Balaban J connectivity index is 2.78. The number of ether oxygens (including phenoxy) is 2. The highest BCUT2D eigenvalue weighted by molar-refractivity contribution is 6.33. The van der Waals surface area contributed by atoms with Gasteiger partial charge in [-0.3, -0.25) is 0 Å². The first-order valence-corrected chi connectivity index (χ1v) is 3.72. The smallest absolute Gasteiger partial charge is 0.188 e. The molecule has 0 aliphatic rings. The molecule has 0 heterocycles. The van der Waals surface area contributed by atoms with Gasteiger partial charge in [-0.2, -0.15) is 0 Å². The van der Waals surface area contributed by atoms with Crippen LogP contribution in [0.4, 0.5) is 0 Å². The van der Waals surface area contributed by atoms with E-state index < -0.39 is 0 Å². The predicted molar refractivity (Wildman–Crippen MR) is 45.6 cm³/mol. The minimum atomic E-state index is 0.00488. The Morgan fingerprint density at radius 3 is 2.92 bits per heavy atom. The van der Waals surface area contributed by atoms with Crippen molar-refractivity contribution in [2.75, 3.05) is 13.9 Å². The minimum absolute atomic E-state index is 0.00488. The Hall–Kier alpha value is -0.930. The largest absolute Gasteiger partial charge is 0.506 e. The van der Waals surface area contributed by atoms with Gasteiger partial charge < -0.3 is 14.6 Å². The summed E-state index contributed by atoms with van der Waals surface area (Å²) in [6, 6.07) is 4.79. The molecule has 0 saturated heterocycles. The molecule has 3 nitrogen and oxygen atoms in total. The second kappa shape index (κ2) is 4.18. The normalized spacial score (nSPS) is 9.83. The number of methoxy groups -OCH3 is 1. The average molecular weight is 189 g/mol. The number of hydrogen-bond acceptors (Lipinski definition) is 3. The number of halogens is 1. The van der Waals surface area contributed by atoms with Crippen LogP contribution in [0.25, 0.3) is 0 Å². The van der Waals surface area contributed by atoms with Crippen molar-refractivity contribution >= 4 is 11.6 Å². The van der Waals surface area contributed by atoms with Gasteiger partial charge in [0.1, 0.15) is 16.5 Å². The number of benzene rings is 1. The average Bonchev–Trinajstić information content (AvgIpc) is 2.08. The summed E-state index contributed by atoms with van der Waals surface area (Å²) in [5.74, 6) is 0.420. The zero-order valence-corrected chi connectivity index (χ0v) is 7.34. The zero-order valence-electron chi connectivity index (χ0n) is 6.58. The lowest BCUT2D eigenvalue weighted by Gasteiger charge is -2.06. The fraction of sp³-hybridized carbons (Fsp3) is 0.250. The highest BCUT2D eigenvalue weighted by atomic mass is 35.5. The fourth-order valence-electron chi connectivity index (χ4n) is 0.733. The van der Waals surface area contributed by atoms with Gasteiger partial charge in [-0.25, -0.2) is 0 Å². The van der Waals surface area contributed by atoms with Crippen molar-refractivity contribution in [3.8, 4) is 11.5 Å². The summed E-state index contributed by atoms with van der Waals surface area (Å²) in [6.07, 6.45) is 0. The quantitative estimate of drug-likeness (QED) is 0.738. The van der Waals surface area contributed by atoms with Crippen LogP contribution < -0.4 is 4.74 Å². The summed E-state index contributed by atoms with van der Waals surface area (Å²) in [7, 11) is 1.51. The van der Waals surface area contributed by atoms with Gasteiger partial charge in [0, 0.05) is 7.11 Å². The summed E-state index contributed by atoms with van der Waals surface area (Å²) in [5, 5.41) is 9.35. The van der Waals surface area contributed by atoms with Crippen molar-refractivity contribution in [3.63, 3.8) is 0 Å². The molecule has 0 radical (unpaired) electrons. The van der Waals surface area contributed by atoms with E-state index >= 15 is 0 Å². The number of phenols is 1. The highest BCUT2D eigenvalue weighted by Crippen LogP contribution is 2.32. The van der Waals surface area contributed by atoms with Gasteiger partial charge in [0.25, 0.3) is 0 Å². The second-order valence-electron chi connectivity index (χ2n) is 2.14. The highest BCUT2D eigenvalue weighted by Gasteiger charge is 2.04. The molecule has 0 bridgehead atoms.